The predicted molar refractivity (Wildman–Crippen MR) is 64.7 cm³/mol. The molecule has 0 saturated carbocycles. The number of rotatable bonds is 5. The van der Waals surface area contributed by atoms with Crippen LogP contribution in [-0.4, -0.2) is 5.78 Å². The molecule has 0 aliphatic heterocycles. The number of carbonyl (C=O) groups excluding carboxylic acids is 1. The molecular weight excluding hydrogens is 234 g/mol. The number of carbonyl (C=O) groups is 1. The lowest BCUT2D eigenvalue weighted by Crippen LogP contribution is -2.10. The molecule has 2 rings (SSSR count). The second-order valence-electron chi connectivity index (χ2n) is 3.62. The lowest BCUT2D eigenvalue weighted by atomic mass is 9.99. The minimum Gasteiger partial charge on any atom is -0.469 e. The Morgan fingerprint density at radius 2 is 2.35 bits per heavy atom. The molecular formula is C13H11NO2S. The first kappa shape index (κ1) is 11.6. The van der Waals surface area contributed by atoms with Crippen LogP contribution in [0.3, 0.4) is 0 Å². The van der Waals surface area contributed by atoms with Crippen molar-refractivity contribution in [3.05, 3.63) is 46.5 Å². The van der Waals surface area contributed by atoms with Crippen LogP contribution in [-0.2, 0) is 11.2 Å². The van der Waals surface area contributed by atoms with Crippen molar-refractivity contribution in [3.63, 3.8) is 0 Å². The summed E-state index contributed by atoms with van der Waals surface area (Å²) in [6.45, 7) is 0. The molecule has 4 heteroatoms. The van der Waals surface area contributed by atoms with E-state index in [1.54, 1.807) is 12.3 Å². The van der Waals surface area contributed by atoms with Crippen LogP contribution in [0.5, 0.6) is 0 Å². The molecule has 17 heavy (non-hydrogen) atoms. The van der Waals surface area contributed by atoms with Crippen molar-refractivity contribution in [2.45, 2.75) is 18.8 Å². The van der Waals surface area contributed by atoms with Gasteiger partial charge in [0.2, 0.25) is 0 Å². The van der Waals surface area contributed by atoms with E-state index in [0.29, 0.717) is 12.8 Å². The number of hydrogen-bond donors (Lipinski definition) is 0. The fraction of sp³-hybridized carbons (Fsp3) is 0.231. The minimum atomic E-state index is -0.634. The van der Waals surface area contributed by atoms with E-state index in [9.17, 15) is 4.79 Å². The highest BCUT2D eigenvalue weighted by atomic mass is 32.1. The molecule has 0 aromatic carbocycles. The van der Waals surface area contributed by atoms with Gasteiger partial charge in [-0.15, -0.1) is 11.3 Å². The van der Waals surface area contributed by atoms with E-state index in [-0.39, 0.29) is 5.78 Å². The molecule has 2 heterocycles. The molecule has 0 aliphatic rings. The molecule has 0 N–H and O–H groups in total. The monoisotopic (exact) mass is 245 g/mol. The zero-order valence-corrected chi connectivity index (χ0v) is 9.94. The van der Waals surface area contributed by atoms with Crippen molar-refractivity contribution in [2.75, 3.05) is 0 Å². The van der Waals surface area contributed by atoms with E-state index in [0.717, 1.165) is 10.6 Å². The van der Waals surface area contributed by atoms with E-state index in [2.05, 4.69) is 6.07 Å². The minimum absolute atomic E-state index is 0.0497. The van der Waals surface area contributed by atoms with Gasteiger partial charge in [-0.2, -0.15) is 5.26 Å². The Morgan fingerprint density at radius 1 is 1.47 bits per heavy atom. The third-order valence-electron chi connectivity index (χ3n) is 2.48. The van der Waals surface area contributed by atoms with E-state index in [1.165, 1.54) is 11.3 Å². The Labute approximate surface area is 103 Å². The van der Waals surface area contributed by atoms with Gasteiger partial charge in [0.15, 0.2) is 5.78 Å². The highest BCUT2D eigenvalue weighted by molar-refractivity contribution is 7.10. The van der Waals surface area contributed by atoms with Crippen LogP contribution in [0.25, 0.3) is 0 Å². The van der Waals surface area contributed by atoms with Gasteiger partial charge in [-0.25, -0.2) is 0 Å². The van der Waals surface area contributed by atoms with E-state index in [4.69, 9.17) is 9.68 Å². The van der Waals surface area contributed by atoms with E-state index < -0.39 is 5.92 Å². The summed E-state index contributed by atoms with van der Waals surface area (Å²) in [6.07, 6.45) is 2.47. The summed E-state index contributed by atoms with van der Waals surface area (Å²) in [6, 6.07) is 9.36. The summed E-state index contributed by atoms with van der Waals surface area (Å²) in [5.74, 6) is 0.0949. The van der Waals surface area contributed by atoms with Crippen molar-refractivity contribution < 1.29 is 9.21 Å². The first-order chi connectivity index (χ1) is 8.31. The number of hydrogen-bond acceptors (Lipinski definition) is 4. The Bertz CT molecular complexity index is 508. The molecule has 3 nitrogen and oxygen atoms in total. The quantitative estimate of drug-likeness (QED) is 0.813. The van der Waals surface area contributed by atoms with Crippen LogP contribution < -0.4 is 0 Å². The average molecular weight is 245 g/mol. The van der Waals surface area contributed by atoms with Crippen LogP contribution in [0.15, 0.2) is 40.3 Å². The third kappa shape index (κ3) is 2.83. The number of nitrogens with zero attached hydrogens (tertiary/aromatic N) is 1. The van der Waals surface area contributed by atoms with Crippen molar-refractivity contribution in [1.29, 1.82) is 5.26 Å². The number of nitriles is 1. The Hall–Kier alpha value is -1.86. The lowest BCUT2D eigenvalue weighted by Gasteiger charge is -2.04. The van der Waals surface area contributed by atoms with Crippen molar-refractivity contribution >= 4 is 17.1 Å². The van der Waals surface area contributed by atoms with Gasteiger partial charge in [0.05, 0.1) is 12.3 Å². The van der Waals surface area contributed by atoms with E-state index in [1.807, 2.05) is 23.6 Å². The summed E-state index contributed by atoms with van der Waals surface area (Å²) in [4.78, 5) is 12.7. The topological polar surface area (TPSA) is 54.0 Å². The summed E-state index contributed by atoms with van der Waals surface area (Å²) < 4.78 is 5.16. The Morgan fingerprint density at radius 3 is 2.94 bits per heavy atom. The fourth-order valence-corrected chi connectivity index (χ4v) is 2.39. The normalized spacial score (nSPS) is 11.9. The van der Waals surface area contributed by atoms with Gasteiger partial charge in [-0.3, -0.25) is 4.79 Å². The van der Waals surface area contributed by atoms with Crippen LogP contribution in [0.4, 0.5) is 0 Å². The largest absolute Gasteiger partial charge is 0.469 e. The van der Waals surface area contributed by atoms with E-state index >= 15 is 0 Å². The third-order valence-corrected chi connectivity index (χ3v) is 3.41. The SMILES string of the molecule is N#CC(C(=O)CCc1ccco1)c1cccs1. The molecule has 0 fully saturated rings. The van der Waals surface area contributed by atoms with Gasteiger partial charge in [0.25, 0.3) is 0 Å². The van der Waals surface area contributed by atoms with Crippen molar-refractivity contribution in [1.82, 2.24) is 0 Å². The molecule has 2 aromatic heterocycles. The smallest absolute Gasteiger partial charge is 0.155 e. The van der Waals surface area contributed by atoms with Crippen molar-refractivity contribution in [2.24, 2.45) is 0 Å². The van der Waals surface area contributed by atoms with Gasteiger partial charge < -0.3 is 4.42 Å². The first-order valence-electron chi connectivity index (χ1n) is 5.29. The molecule has 2 aromatic rings. The molecule has 0 radical (unpaired) electrons. The van der Waals surface area contributed by atoms with Gasteiger partial charge in [-0.1, -0.05) is 6.07 Å². The average Bonchev–Trinajstić information content (AvgIpc) is 3.00. The van der Waals surface area contributed by atoms with Gasteiger partial charge >= 0.3 is 0 Å². The lowest BCUT2D eigenvalue weighted by molar-refractivity contribution is -0.119. The molecule has 86 valence electrons. The molecule has 0 bridgehead atoms. The van der Waals surface area contributed by atoms with Gasteiger partial charge in [0.1, 0.15) is 11.7 Å². The maximum atomic E-state index is 11.9. The highest BCUT2D eigenvalue weighted by Gasteiger charge is 2.20. The molecule has 1 unspecified atom stereocenters. The summed E-state index contributed by atoms with van der Waals surface area (Å²) >= 11 is 1.44. The number of ketones is 1. The van der Waals surface area contributed by atoms with Gasteiger partial charge in [0, 0.05) is 17.7 Å². The highest BCUT2D eigenvalue weighted by Crippen LogP contribution is 2.23. The number of thiophene rings is 1. The second kappa shape index (κ2) is 5.46. The number of aryl methyl sites for hydroxylation is 1. The van der Waals surface area contributed by atoms with Crippen LogP contribution in [0, 0.1) is 11.3 Å². The maximum Gasteiger partial charge on any atom is 0.155 e. The van der Waals surface area contributed by atoms with Gasteiger partial charge in [-0.05, 0) is 23.6 Å². The van der Waals surface area contributed by atoms with Crippen LogP contribution >= 0.6 is 11.3 Å². The standard InChI is InChI=1S/C13H11NO2S/c14-9-11(13-4-2-8-17-13)12(15)6-5-10-3-1-7-16-10/h1-4,7-8,11H,5-6H2. The zero-order chi connectivity index (χ0) is 12.1. The molecule has 0 spiro atoms. The van der Waals surface area contributed by atoms with Crippen LogP contribution in [0.1, 0.15) is 23.0 Å². The molecule has 0 amide bonds. The number of Topliss-reactive ketones (excluding diaryl/α,β-unsaturated/α-hetero) is 1. The second-order valence-corrected chi connectivity index (χ2v) is 4.60. The Kier molecular flexibility index (Phi) is 3.73. The summed E-state index contributed by atoms with van der Waals surface area (Å²) in [5.41, 5.74) is 0. The Balaban J connectivity index is 1.97. The summed E-state index contributed by atoms with van der Waals surface area (Å²) in [7, 11) is 0. The fourth-order valence-electron chi connectivity index (χ4n) is 1.60. The molecule has 1 atom stereocenters. The van der Waals surface area contributed by atoms with Crippen LogP contribution in [0.2, 0.25) is 0 Å². The number of furan rings is 1. The first-order valence-corrected chi connectivity index (χ1v) is 6.17. The molecule has 0 aliphatic carbocycles. The predicted octanol–water partition coefficient (Wildman–Crippen LogP) is 3.15. The molecule has 0 saturated heterocycles. The van der Waals surface area contributed by atoms with Crippen molar-refractivity contribution in [3.8, 4) is 6.07 Å². The summed E-state index contributed by atoms with van der Waals surface area (Å²) in [5, 5.41) is 10.9. The maximum absolute atomic E-state index is 11.9. The zero-order valence-electron chi connectivity index (χ0n) is 9.13.